The number of hydrogen-bond acceptors (Lipinski definition) is 5. The zero-order valence-electron chi connectivity index (χ0n) is 31.6. The van der Waals surface area contributed by atoms with E-state index in [1.165, 1.54) is 43.5 Å². The second-order valence-corrected chi connectivity index (χ2v) is 16.9. The maximum atomic E-state index is 6.59. The maximum absolute atomic E-state index is 6.59. The van der Waals surface area contributed by atoms with Crippen LogP contribution in [0.15, 0.2) is 179 Å². The van der Waals surface area contributed by atoms with Crippen molar-refractivity contribution in [3.8, 4) is 22.8 Å². The normalized spacial score (nSPS) is 21.0. The Morgan fingerprint density at radius 2 is 1.38 bits per heavy atom. The van der Waals surface area contributed by atoms with Crippen molar-refractivity contribution in [1.82, 2.24) is 15.0 Å². The molecule has 276 valence electrons. The molecule has 5 aromatic carbocycles. The molecular weight excluding hydrogens is 727 g/mol. The number of nitrogens with zero attached hydrogens (tertiary/aromatic N) is 3. The molecule has 0 N–H and O–H groups in total. The number of furan rings is 1. The van der Waals surface area contributed by atoms with Crippen molar-refractivity contribution in [2.45, 2.75) is 34.8 Å². The quantitative estimate of drug-likeness (QED) is 0.175. The van der Waals surface area contributed by atoms with E-state index in [9.17, 15) is 0 Å². The molecule has 58 heavy (non-hydrogen) atoms. The Kier molecular flexibility index (Phi) is 7.83. The van der Waals surface area contributed by atoms with Gasteiger partial charge in [-0.05, 0) is 82.1 Å². The number of rotatable bonds is 5. The van der Waals surface area contributed by atoms with Crippen molar-refractivity contribution in [3.05, 3.63) is 214 Å². The van der Waals surface area contributed by atoms with Crippen LogP contribution in [0.2, 0.25) is 0 Å². The summed E-state index contributed by atoms with van der Waals surface area (Å²) in [5.74, 6) is 3.09. The van der Waals surface area contributed by atoms with Gasteiger partial charge in [-0.15, -0.1) is 11.8 Å². The van der Waals surface area contributed by atoms with E-state index in [1.54, 1.807) is 0 Å². The number of fused-ring (bicyclic) bond motifs is 9. The molecule has 7 aromatic rings. The summed E-state index contributed by atoms with van der Waals surface area (Å²) in [7, 11) is 0. The third-order valence-corrected chi connectivity index (χ3v) is 13.6. The van der Waals surface area contributed by atoms with Gasteiger partial charge in [0.1, 0.15) is 11.0 Å². The first kappa shape index (κ1) is 33.6. The van der Waals surface area contributed by atoms with E-state index in [4.69, 9.17) is 19.4 Å². The smallest absolute Gasteiger partial charge is 0.164 e. The van der Waals surface area contributed by atoms with E-state index < -0.39 is 0 Å². The van der Waals surface area contributed by atoms with Gasteiger partial charge in [-0.1, -0.05) is 146 Å². The van der Waals surface area contributed by atoms with E-state index in [0.717, 1.165) is 51.5 Å². The molecule has 4 aliphatic carbocycles. The first-order valence-electron chi connectivity index (χ1n) is 20.2. The van der Waals surface area contributed by atoms with Gasteiger partial charge in [0.2, 0.25) is 0 Å². The SMILES string of the molecule is C1=CC2C=C(c3ccc4oc5c(c4c3)=C(c3cccc(-c4nc(C6=CC7Sc8ccccc8C7C=C6)nc(-c6ccccc6)n4)c3)CCC=5)c3ccccc3C2C=C1. The summed E-state index contributed by atoms with van der Waals surface area (Å²) in [5.41, 5.74) is 13.9. The maximum Gasteiger partial charge on any atom is 0.164 e. The van der Waals surface area contributed by atoms with Crippen molar-refractivity contribution in [3.63, 3.8) is 0 Å². The molecule has 4 nitrogen and oxygen atoms in total. The molecule has 4 unspecified atom stereocenters. The third-order valence-electron chi connectivity index (χ3n) is 12.3. The van der Waals surface area contributed by atoms with Crippen LogP contribution in [0.5, 0.6) is 0 Å². The topological polar surface area (TPSA) is 51.8 Å². The van der Waals surface area contributed by atoms with E-state index >= 15 is 0 Å². The molecule has 0 saturated carbocycles. The largest absolute Gasteiger partial charge is 0.456 e. The summed E-state index contributed by atoms with van der Waals surface area (Å²) >= 11 is 1.92. The van der Waals surface area contributed by atoms with E-state index in [2.05, 4.69) is 158 Å². The molecule has 1 aliphatic heterocycles. The van der Waals surface area contributed by atoms with Gasteiger partial charge in [-0.25, -0.2) is 15.0 Å². The molecule has 3 heterocycles. The number of aromatic nitrogens is 3. The molecule has 0 saturated heterocycles. The summed E-state index contributed by atoms with van der Waals surface area (Å²) in [6.45, 7) is 0. The number of benzene rings is 5. The van der Waals surface area contributed by atoms with Crippen molar-refractivity contribution >= 4 is 45.5 Å². The van der Waals surface area contributed by atoms with Crippen molar-refractivity contribution in [1.29, 1.82) is 0 Å². The van der Waals surface area contributed by atoms with Gasteiger partial charge in [-0.2, -0.15) is 0 Å². The fourth-order valence-electron chi connectivity index (χ4n) is 9.56. The fraction of sp³-hybridized carbons (Fsp3) is 0.113. The van der Waals surface area contributed by atoms with E-state index in [0.29, 0.717) is 40.5 Å². The average molecular weight is 764 g/mol. The molecule has 2 aromatic heterocycles. The minimum absolute atomic E-state index is 0.308. The Bertz CT molecular complexity index is 3130. The highest BCUT2D eigenvalue weighted by Crippen LogP contribution is 2.49. The Labute approximate surface area is 341 Å². The van der Waals surface area contributed by atoms with Gasteiger partial charge in [-0.3, -0.25) is 0 Å². The molecule has 12 rings (SSSR count). The second kappa shape index (κ2) is 13.5. The molecule has 0 spiro atoms. The summed E-state index contributed by atoms with van der Waals surface area (Å²) in [4.78, 5) is 16.8. The summed E-state index contributed by atoms with van der Waals surface area (Å²) in [5, 5.41) is 2.65. The lowest BCUT2D eigenvalue weighted by Gasteiger charge is -2.31. The van der Waals surface area contributed by atoms with Crippen LogP contribution in [0.4, 0.5) is 0 Å². The highest BCUT2D eigenvalue weighted by molar-refractivity contribution is 8.00. The molecule has 0 bridgehead atoms. The lowest BCUT2D eigenvalue weighted by Crippen LogP contribution is -2.26. The Morgan fingerprint density at radius 1 is 0.603 bits per heavy atom. The molecule has 5 aliphatic rings. The van der Waals surface area contributed by atoms with Crippen LogP contribution in [-0.4, -0.2) is 20.2 Å². The highest BCUT2D eigenvalue weighted by Gasteiger charge is 2.33. The second-order valence-electron chi connectivity index (χ2n) is 15.7. The van der Waals surface area contributed by atoms with Crippen LogP contribution in [0, 0.1) is 5.92 Å². The van der Waals surface area contributed by atoms with Gasteiger partial charge in [0.05, 0.1) is 0 Å². The monoisotopic (exact) mass is 763 g/mol. The van der Waals surface area contributed by atoms with Crippen LogP contribution >= 0.6 is 11.8 Å². The van der Waals surface area contributed by atoms with Crippen LogP contribution in [0.1, 0.15) is 58.3 Å². The number of hydrogen-bond donors (Lipinski definition) is 0. The Morgan fingerprint density at radius 3 is 2.31 bits per heavy atom. The highest BCUT2D eigenvalue weighted by atomic mass is 32.2. The van der Waals surface area contributed by atoms with Gasteiger partial charge in [0.15, 0.2) is 17.5 Å². The summed E-state index contributed by atoms with van der Waals surface area (Å²) < 4.78 is 6.59. The number of thioether (sulfide) groups is 1. The molecule has 0 fully saturated rings. The lowest BCUT2D eigenvalue weighted by molar-refractivity contribution is 0.571. The number of allylic oxidation sites excluding steroid dienone is 8. The summed E-state index contributed by atoms with van der Waals surface area (Å²) in [6.07, 6.45) is 22.4. The Hall–Kier alpha value is -6.56. The zero-order valence-corrected chi connectivity index (χ0v) is 32.4. The van der Waals surface area contributed by atoms with Gasteiger partial charge in [0, 0.05) is 55.2 Å². The minimum atomic E-state index is 0.308. The van der Waals surface area contributed by atoms with Crippen molar-refractivity contribution in [2.24, 2.45) is 5.92 Å². The van der Waals surface area contributed by atoms with E-state index in [-0.39, 0.29) is 0 Å². The van der Waals surface area contributed by atoms with E-state index in [1.807, 2.05) is 30.0 Å². The van der Waals surface area contributed by atoms with Crippen LogP contribution in [-0.2, 0) is 0 Å². The molecule has 0 radical (unpaired) electrons. The molecule has 0 amide bonds. The standard InChI is InChI=1S/C53H37N3OS/c1-2-12-32(13-3-1)51-54-52(56-53(55-51)37-24-26-43-42-20-8-9-23-48(42)58-49(43)31-37)36-16-10-15-33(28-36)39-21-11-22-47-50(39)45-30-35(25-27-46(45)57-47)44-29-34-14-4-5-17-38(34)40-18-6-7-19-41(40)44/h1-10,12-20,22-31,34,38,43,49H,11,21H2. The molecular formula is C53H37N3OS. The predicted octanol–water partition coefficient (Wildman–Crippen LogP) is 11.2. The zero-order chi connectivity index (χ0) is 38.2. The minimum Gasteiger partial charge on any atom is -0.456 e. The molecule has 4 atom stereocenters. The van der Waals surface area contributed by atoms with Crippen LogP contribution < -0.4 is 10.6 Å². The predicted molar refractivity (Wildman–Crippen MR) is 236 cm³/mol. The van der Waals surface area contributed by atoms with Gasteiger partial charge in [0.25, 0.3) is 0 Å². The third kappa shape index (κ3) is 5.56. The Balaban J connectivity index is 0.972. The average Bonchev–Trinajstić information content (AvgIpc) is 3.87. The van der Waals surface area contributed by atoms with Crippen LogP contribution in [0.3, 0.4) is 0 Å². The fourth-order valence-corrected chi connectivity index (χ4v) is 10.9. The lowest BCUT2D eigenvalue weighted by atomic mass is 9.73. The first-order valence-corrected chi connectivity index (χ1v) is 21.1. The van der Waals surface area contributed by atoms with Gasteiger partial charge < -0.3 is 4.42 Å². The van der Waals surface area contributed by atoms with Crippen molar-refractivity contribution < 1.29 is 4.42 Å². The molecule has 5 heteroatoms. The summed E-state index contributed by atoms with van der Waals surface area (Å²) in [6, 6.07) is 43.4. The van der Waals surface area contributed by atoms with Gasteiger partial charge >= 0.3 is 0 Å². The van der Waals surface area contributed by atoms with Crippen molar-refractivity contribution in [2.75, 3.05) is 0 Å². The van der Waals surface area contributed by atoms with Crippen LogP contribution in [0.25, 0.3) is 56.5 Å². The first-order chi connectivity index (χ1) is 28.7.